The van der Waals surface area contributed by atoms with Gasteiger partial charge in [0.05, 0.1) is 5.92 Å². The van der Waals surface area contributed by atoms with Gasteiger partial charge in [0, 0.05) is 23.6 Å². The van der Waals surface area contributed by atoms with Gasteiger partial charge < -0.3 is 10.6 Å². The van der Waals surface area contributed by atoms with Crippen molar-refractivity contribution < 1.29 is 4.79 Å². The molecule has 2 N–H and O–H groups in total. The van der Waals surface area contributed by atoms with Crippen LogP contribution in [0.3, 0.4) is 0 Å². The average Bonchev–Trinajstić information content (AvgIpc) is 2.18. The minimum absolute atomic E-state index is 0.164. The Bertz CT molecular complexity index is 404. The van der Waals surface area contributed by atoms with E-state index >= 15 is 0 Å². The minimum Gasteiger partial charge on any atom is -0.353 e. The minimum atomic E-state index is 0.164. The van der Waals surface area contributed by atoms with E-state index in [1.165, 1.54) is 5.56 Å². The maximum Gasteiger partial charge on any atom is 0.225 e. The van der Waals surface area contributed by atoms with Gasteiger partial charge in [-0.25, -0.2) is 0 Å². The van der Waals surface area contributed by atoms with Crippen LogP contribution in [0, 0.1) is 5.92 Å². The second-order valence-electron chi connectivity index (χ2n) is 4.56. The quantitative estimate of drug-likeness (QED) is 0.888. The summed E-state index contributed by atoms with van der Waals surface area (Å²) in [5.41, 5.74) is 1.23. The first-order chi connectivity index (χ1) is 8.16. The number of nitrogens with one attached hydrogen (secondary N) is 2. The Hall–Kier alpha value is -0.870. The van der Waals surface area contributed by atoms with E-state index in [0.29, 0.717) is 0 Å². The molecule has 0 bridgehead atoms. The number of hydrogen-bond donors (Lipinski definition) is 2. The molecule has 0 radical (unpaired) electrons. The summed E-state index contributed by atoms with van der Waals surface area (Å²) in [6, 6.07) is 8.29. The average molecular weight is 297 g/mol. The number of carbonyl (C=O) groups excluding carboxylic acids is 1. The van der Waals surface area contributed by atoms with Gasteiger partial charge in [-0.3, -0.25) is 4.79 Å². The smallest absolute Gasteiger partial charge is 0.225 e. The van der Waals surface area contributed by atoms with E-state index in [-0.39, 0.29) is 17.9 Å². The van der Waals surface area contributed by atoms with Crippen molar-refractivity contribution in [3.8, 4) is 0 Å². The number of benzene rings is 1. The zero-order valence-electron chi connectivity index (χ0n) is 9.87. The first-order valence-electron chi connectivity index (χ1n) is 5.91. The lowest BCUT2D eigenvalue weighted by molar-refractivity contribution is -0.127. The zero-order valence-corrected chi connectivity index (χ0v) is 11.5. The summed E-state index contributed by atoms with van der Waals surface area (Å²) in [6.07, 6.45) is 0.854. The van der Waals surface area contributed by atoms with Crippen LogP contribution in [0.25, 0.3) is 0 Å². The number of hydrogen-bond acceptors (Lipinski definition) is 2. The lowest BCUT2D eigenvalue weighted by Gasteiger charge is -2.27. The molecule has 1 unspecified atom stereocenters. The summed E-state index contributed by atoms with van der Waals surface area (Å²) < 4.78 is 1.10. The molecular formula is C13H17BrN2O. The van der Waals surface area contributed by atoms with Gasteiger partial charge in [-0.15, -0.1) is 0 Å². The van der Waals surface area contributed by atoms with E-state index in [1.807, 2.05) is 25.1 Å². The van der Waals surface area contributed by atoms with Crippen LogP contribution in [-0.2, 0) is 11.2 Å². The molecule has 1 atom stereocenters. The Balaban J connectivity index is 1.86. The Morgan fingerprint density at radius 2 is 2.24 bits per heavy atom. The molecule has 0 aliphatic carbocycles. The van der Waals surface area contributed by atoms with Gasteiger partial charge in [-0.05, 0) is 25.0 Å². The fourth-order valence-electron chi connectivity index (χ4n) is 1.88. The third-order valence-corrected chi connectivity index (χ3v) is 3.80. The highest BCUT2D eigenvalue weighted by molar-refractivity contribution is 9.10. The Labute approximate surface area is 110 Å². The third-order valence-electron chi connectivity index (χ3n) is 3.02. The summed E-state index contributed by atoms with van der Waals surface area (Å²) in [4.78, 5) is 11.7. The van der Waals surface area contributed by atoms with Crippen LogP contribution >= 0.6 is 15.9 Å². The Morgan fingerprint density at radius 3 is 2.82 bits per heavy atom. The fourth-order valence-corrected chi connectivity index (χ4v) is 2.33. The molecule has 1 saturated heterocycles. The zero-order chi connectivity index (χ0) is 12.3. The second-order valence-corrected chi connectivity index (χ2v) is 5.41. The van der Waals surface area contributed by atoms with Crippen LogP contribution in [0.2, 0.25) is 0 Å². The molecule has 1 amide bonds. The SMILES string of the molecule is CC(Cc1ccccc1Br)NC(=O)C1CNC1. The highest BCUT2D eigenvalue weighted by Crippen LogP contribution is 2.17. The van der Waals surface area contributed by atoms with Crippen molar-refractivity contribution in [2.45, 2.75) is 19.4 Å². The molecule has 4 heteroatoms. The Kier molecular flexibility index (Phi) is 4.18. The van der Waals surface area contributed by atoms with Gasteiger partial charge in [-0.1, -0.05) is 34.1 Å². The van der Waals surface area contributed by atoms with Crippen molar-refractivity contribution in [1.82, 2.24) is 10.6 Å². The monoisotopic (exact) mass is 296 g/mol. The first kappa shape index (κ1) is 12.6. The third kappa shape index (κ3) is 3.30. The molecule has 1 aliphatic heterocycles. The molecule has 1 aromatic rings. The Morgan fingerprint density at radius 1 is 1.53 bits per heavy atom. The molecule has 1 fully saturated rings. The fraction of sp³-hybridized carbons (Fsp3) is 0.462. The molecule has 1 aliphatic rings. The standard InChI is InChI=1S/C13H17BrN2O/c1-9(16-13(17)11-7-15-8-11)6-10-4-2-3-5-12(10)14/h2-5,9,11,15H,6-8H2,1H3,(H,16,17). The van der Waals surface area contributed by atoms with E-state index in [1.54, 1.807) is 0 Å². The first-order valence-corrected chi connectivity index (χ1v) is 6.70. The molecule has 1 heterocycles. The van der Waals surface area contributed by atoms with Crippen LogP contribution in [0.5, 0.6) is 0 Å². The molecule has 17 heavy (non-hydrogen) atoms. The number of amides is 1. The lowest BCUT2D eigenvalue weighted by atomic mass is 10.0. The summed E-state index contributed by atoms with van der Waals surface area (Å²) in [7, 11) is 0. The number of carbonyl (C=O) groups is 1. The molecule has 0 saturated carbocycles. The molecule has 3 nitrogen and oxygen atoms in total. The van der Waals surface area contributed by atoms with E-state index in [0.717, 1.165) is 24.0 Å². The van der Waals surface area contributed by atoms with Crippen molar-refractivity contribution in [3.63, 3.8) is 0 Å². The lowest BCUT2D eigenvalue weighted by Crippen LogP contribution is -2.52. The molecule has 2 rings (SSSR count). The van der Waals surface area contributed by atoms with E-state index in [2.05, 4.69) is 32.6 Å². The molecule has 1 aromatic carbocycles. The molecule has 92 valence electrons. The van der Waals surface area contributed by atoms with Gasteiger partial charge in [0.15, 0.2) is 0 Å². The van der Waals surface area contributed by atoms with Crippen LogP contribution in [0.1, 0.15) is 12.5 Å². The van der Waals surface area contributed by atoms with E-state index < -0.39 is 0 Å². The predicted octanol–water partition coefficient (Wildman–Crippen LogP) is 1.72. The van der Waals surface area contributed by atoms with Gasteiger partial charge in [0.25, 0.3) is 0 Å². The molecular weight excluding hydrogens is 280 g/mol. The second kappa shape index (κ2) is 5.65. The number of rotatable bonds is 4. The summed E-state index contributed by atoms with van der Waals surface area (Å²) >= 11 is 3.52. The van der Waals surface area contributed by atoms with Gasteiger partial charge in [0.1, 0.15) is 0 Å². The summed E-state index contributed by atoms with van der Waals surface area (Å²) in [5.74, 6) is 0.333. The maximum absolute atomic E-state index is 11.7. The van der Waals surface area contributed by atoms with Gasteiger partial charge >= 0.3 is 0 Å². The van der Waals surface area contributed by atoms with Gasteiger partial charge in [0.2, 0.25) is 5.91 Å². The van der Waals surface area contributed by atoms with Gasteiger partial charge in [-0.2, -0.15) is 0 Å². The molecule has 0 aromatic heterocycles. The summed E-state index contributed by atoms with van der Waals surface area (Å²) in [5, 5.41) is 6.16. The van der Waals surface area contributed by atoms with Crippen LogP contribution in [-0.4, -0.2) is 25.0 Å². The van der Waals surface area contributed by atoms with E-state index in [4.69, 9.17) is 0 Å². The molecule has 0 spiro atoms. The predicted molar refractivity (Wildman–Crippen MR) is 71.8 cm³/mol. The normalized spacial score (nSPS) is 17.3. The highest BCUT2D eigenvalue weighted by atomic mass is 79.9. The number of halogens is 1. The largest absolute Gasteiger partial charge is 0.353 e. The van der Waals surface area contributed by atoms with Crippen LogP contribution < -0.4 is 10.6 Å². The van der Waals surface area contributed by atoms with Crippen molar-refractivity contribution in [2.75, 3.05) is 13.1 Å². The highest BCUT2D eigenvalue weighted by Gasteiger charge is 2.25. The van der Waals surface area contributed by atoms with Crippen molar-refractivity contribution in [2.24, 2.45) is 5.92 Å². The van der Waals surface area contributed by atoms with Crippen molar-refractivity contribution in [1.29, 1.82) is 0 Å². The summed E-state index contributed by atoms with van der Waals surface area (Å²) in [6.45, 7) is 3.67. The van der Waals surface area contributed by atoms with Crippen molar-refractivity contribution in [3.05, 3.63) is 34.3 Å². The topological polar surface area (TPSA) is 41.1 Å². The van der Waals surface area contributed by atoms with Crippen molar-refractivity contribution >= 4 is 21.8 Å². The van der Waals surface area contributed by atoms with E-state index in [9.17, 15) is 4.79 Å². The van der Waals surface area contributed by atoms with Crippen LogP contribution in [0.4, 0.5) is 0 Å². The maximum atomic E-state index is 11.7. The van der Waals surface area contributed by atoms with Crippen LogP contribution in [0.15, 0.2) is 28.7 Å².